The molecule has 0 radical (unpaired) electrons. The third-order valence-corrected chi connectivity index (χ3v) is 4.93. The number of halogens is 1. The van der Waals surface area contributed by atoms with Crippen LogP contribution in [0.3, 0.4) is 0 Å². The van der Waals surface area contributed by atoms with Gasteiger partial charge in [0.2, 0.25) is 11.8 Å². The normalized spacial score (nSPS) is 14.1. The number of benzene rings is 1. The van der Waals surface area contributed by atoms with E-state index in [1.807, 2.05) is 23.1 Å². The topological polar surface area (TPSA) is 56.8 Å². The summed E-state index contributed by atoms with van der Waals surface area (Å²) in [6.45, 7) is 4.99. The minimum Gasteiger partial charge on any atom is -0.353 e. The van der Waals surface area contributed by atoms with Crippen molar-refractivity contribution in [3.8, 4) is 0 Å². The van der Waals surface area contributed by atoms with Crippen LogP contribution in [0.4, 0.5) is 10.2 Å². The highest BCUT2D eigenvalue weighted by molar-refractivity contribution is 5.78. The smallest absolute Gasteiger partial charge is 0.224 e. The van der Waals surface area contributed by atoms with E-state index >= 15 is 0 Å². The molecule has 28 heavy (non-hydrogen) atoms. The maximum Gasteiger partial charge on any atom is 0.224 e. The highest BCUT2D eigenvalue weighted by Gasteiger charge is 2.22. The Morgan fingerprint density at radius 3 is 2.39 bits per heavy atom. The molecule has 2 aromatic rings. The number of pyridine rings is 1. The number of carbonyl (C=O) groups excluding carboxylic acids is 2. The van der Waals surface area contributed by atoms with Crippen molar-refractivity contribution in [1.82, 2.24) is 14.8 Å². The summed E-state index contributed by atoms with van der Waals surface area (Å²) >= 11 is 0. The summed E-state index contributed by atoms with van der Waals surface area (Å²) < 4.78 is 13.0. The van der Waals surface area contributed by atoms with Crippen molar-refractivity contribution in [3.05, 3.63) is 60.0 Å². The van der Waals surface area contributed by atoms with Crippen molar-refractivity contribution in [2.75, 3.05) is 37.6 Å². The zero-order chi connectivity index (χ0) is 19.9. The predicted molar refractivity (Wildman–Crippen MR) is 105 cm³/mol. The molecule has 0 bridgehead atoms. The summed E-state index contributed by atoms with van der Waals surface area (Å²) in [6, 6.07) is 11.9. The van der Waals surface area contributed by atoms with Gasteiger partial charge in [0.25, 0.3) is 0 Å². The van der Waals surface area contributed by atoms with Gasteiger partial charge >= 0.3 is 0 Å². The van der Waals surface area contributed by atoms with Gasteiger partial charge < -0.3 is 14.7 Å². The first-order valence-corrected chi connectivity index (χ1v) is 9.46. The number of carbonyl (C=O) groups is 2. The van der Waals surface area contributed by atoms with Gasteiger partial charge in [-0.05, 0) is 29.8 Å². The van der Waals surface area contributed by atoms with E-state index in [0.717, 1.165) is 24.5 Å². The van der Waals surface area contributed by atoms with E-state index in [-0.39, 0.29) is 24.1 Å². The van der Waals surface area contributed by atoms with Crippen molar-refractivity contribution in [3.63, 3.8) is 0 Å². The van der Waals surface area contributed by atoms with Gasteiger partial charge in [0, 0.05) is 58.8 Å². The molecule has 1 fully saturated rings. The van der Waals surface area contributed by atoms with Crippen molar-refractivity contribution in [1.29, 1.82) is 0 Å². The fourth-order valence-corrected chi connectivity index (χ4v) is 3.27. The molecule has 0 unspecified atom stereocenters. The minimum absolute atomic E-state index is 0.0472. The number of piperazine rings is 1. The third-order valence-electron chi connectivity index (χ3n) is 4.93. The minimum atomic E-state index is -0.307. The molecule has 1 aromatic carbocycles. The maximum atomic E-state index is 13.0. The molecule has 3 rings (SSSR count). The summed E-state index contributed by atoms with van der Waals surface area (Å²) in [6.07, 6.45) is 2.05. The quantitative estimate of drug-likeness (QED) is 0.767. The molecule has 0 aliphatic carbocycles. The number of rotatable bonds is 6. The first-order chi connectivity index (χ1) is 13.5. The highest BCUT2D eigenvalue weighted by atomic mass is 19.1. The number of hydrogen-bond acceptors (Lipinski definition) is 4. The van der Waals surface area contributed by atoms with Gasteiger partial charge in [-0.3, -0.25) is 9.59 Å². The predicted octanol–water partition coefficient (Wildman–Crippen LogP) is 2.31. The zero-order valence-corrected chi connectivity index (χ0v) is 16.1. The monoisotopic (exact) mass is 384 g/mol. The molecule has 148 valence electrons. The zero-order valence-electron chi connectivity index (χ0n) is 16.1. The van der Waals surface area contributed by atoms with Crippen LogP contribution < -0.4 is 4.90 Å². The molecule has 0 spiro atoms. The number of anilines is 1. The Labute approximate surface area is 164 Å². The number of nitrogens with zero attached hydrogens (tertiary/aromatic N) is 4. The van der Waals surface area contributed by atoms with Crippen molar-refractivity contribution < 1.29 is 14.0 Å². The van der Waals surface area contributed by atoms with Crippen LogP contribution in [0.25, 0.3) is 0 Å². The van der Waals surface area contributed by atoms with Gasteiger partial charge in [-0.1, -0.05) is 18.2 Å². The summed E-state index contributed by atoms with van der Waals surface area (Å²) in [5, 5.41) is 0. The van der Waals surface area contributed by atoms with Gasteiger partial charge in [0.1, 0.15) is 11.6 Å². The molecular weight excluding hydrogens is 359 g/mol. The van der Waals surface area contributed by atoms with E-state index < -0.39 is 0 Å². The molecule has 2 heterocycles. The van der Waals surface area contributed by atoms with E-state index in [4.69, 9.17) is 0 Å². The van der Waals surface area contributed by atoms with Gasteiger partial charge in [-0.2, -0.15) is 0 Å². The molecule has 6 nitrogen and oxygen atoms in total. The SMILES string of the molecule is CC(=O)N(CCC(=O)N1CCN(c2ccccn2)CC1)Cc1ccc(F)cc1. The summed E-state index contributed by atoms with van der Waals surface area (Å²) in [5.41, 5.74) is 0.841. The van der Waals surface area contributed by atoms with Gasteiger partial charge in [0.15, 0.2) is 0 Å². The van der Waals surface area contributed by atoms with E-state index in [2.05, 4.69) is 9.88 Å². The van der Waals surface area contributed by atoms with Crippen LogP contribution in [0.15, 0.2) is 48.7 Å². The lowest BCUT2D eigenvalue weighted by Crippen LogP contribution is -2.49. The van der Waals surface area contributed by atoms with Crippen LogP contribution in [-0.2, 0) is 16.1 Å². The van der Waals surface area contributed by atoms with E-state index in [1.54, 1.807) is 23.2 Å². The lowest BCUT2D eigenvalue weighted by molar-refractivity contribution is -0.134. The summed E-state index contributed by atoms with van der Waals surface area (Å²) in [4.78, 5) is 34.5. The van der Waals surface area contributed by atoms with Crippen LogP contribution in [0, 0.1) is 5.82 Å². The Balaban J connectivity index is 1.48. The molecule has 0 N–H and O–H groups in total. The van der Waals surface area contributed by atoms with Crippen LogP contribution in [0.2, 0.25) is 0 Å². The van der Waals surface area contributed by atoms with E-state index in [9.17, 15) is 14.0 Å². The second-order valence-electron chi connectivity index (χ2n) is 6.87. The number of hydrogen-bond donors (Lipinski definition) is 0. The molecule has 0 atom stereocenters. The Morgan fingerprint density at radius 1 is 1.07 bits per heavy atom. The molecule has 1 aliphatic heterocycles. The maximum absolute atomic E-state index is 13.0. The highest BCUT2D eigenvalue weighted by Crippen LogP contribution is 2.14. The van der Waals surface area contributed by atoms with Gasteiger partial charge in [0.05, 0.1) is 0 Å². The van der Waals surface area contributed by atoms with Crippen LogP contribution in [0.5, 0.6) is 0 Å². The summed E-state index contributed by atoms with van der Waals surface area (Å²) in [5.74, 6) is 0.568. The molecular formula is C21H25FN4O2. The molecule has 1 aromatic heterocycles. The first-order valence-electron chi connectivity index (χ1n) is 9.46. The number of aromatic nitrogens is 1. The average Bonchev–Trinajstić information content (AvgIpc) is 2.73. The molecule has 1 saturated heterocycles. The van der Waals surface area contributed by atoms with Crippen LogP contribution >= 0.6 is 0 Å². The van der Waals surface area contributed by atoms with Crippen molar-refractivity contribution >= 4 is 17.6 Å². The van der Waals surface area contributed by atoms with Crippen LogP contribution in [-0.4, -0.2) is 59.3 Å². The van der Waals surface area contributed by atoms with Crippen LogP contribution in [0.1, 0.15) is 18.9 Å². The fourth-order valence-electron chi connectivity index (χ4n) is 3.27. The van der Waals surface area contributed by atoms with Gasteiger partial charge in [-0.25, -0.2) is 9.37 Å². The Hall–Kier alpha value is -2.96. The number of amides is 2. The third kappa shape index (κ3) is 5.28. The molecule has 2 amide bonds. The first kappa shape index (κ1) is 19.8. The van der Waals surface area contributed by atoms with Crippen molar-refractivity contribution in [2.45, 2.75) is 19.9 Å². The molecule has 7 heteroatoms. The Kier molecular flexibility index (Phi) is 6.57. The van der Waals surface area contributed by atoms with Crippen molar-refractivity contribution in [2.24, 2.45) is 0 Å². The Bertz CT molecular complexity index is 790. The van der Waals surface area contributed by atoms with E-state index in [1.165, 1.54) is 19.1 Å². The lowest BCUT2D eigenvalue weighted by atomic mass is 10.2. The second-order valence-corrected chi connectivity index (χ2v) is 6.87. The van der Waals surface area contributed by atoms with E-state index in [0.29, 0.717) is 26.2 Å². The lowest BCUT2D eigenvalue weighted by Gasteiger charge is -2.35. The molecule has 0 saturated carbocycles. The van der Waals surface area contributed by atoms with Gasteiger partial charge in [-0.15, -0.1) is 0 Å². The largest absolute Gasteiger partial charge is 0.353 e. The average molecular weight is 384 g/mol. The fraction of sp³-hybridized carbons (Fsp3) is 0.381. The Morgan fingerprint density at radius 2 is 1.79 bits per heavy atom. The standard InChI is InChI=1S/C21H25FN4O2/c1-17(27)26(16-18-5-7-19(22)8-6-18)11-9-21(28)25-14-12-24(13-15-25)20-4-2-3-10-23-20/h2-8,10H,9,11-16H2,1H3. The summed E-state index contributed by atoms with van der Waals surface area (Å²) in [7, 11) is 0. The second kappa shape index (κ2) is 9.30. The molecule has 1 aliphatic rings.